The van der Waals surface area contributed by atoms with E-state index in [9.17, 15) is 34.1 Å². The van der Waals surface area contributed by atoms with Gasteiger partial charge in [0.1, 0.15) is 5.70 Å². The van der Waals surface area contributed by atoms with Gasteiger partial charge in [0, 0.05) is 34.7 Å². The van der Waals surface area contributed by atoms with E-state index in [1.54, 1.807) is 54.6 Å². The second-order valence-electron chi connectivity index (χ2n) is 9.94. The average Bonchev–Trinajstić information content (AvgIpc) is 3.33. The van der Waals surface area contributed by atoms with E-state index in [0.29, 0.717) is 21.7 Å². The number of rotatable bonds is 10. The summed E-state index contributed by atoms with van der Waals surface area (Å²) in [4.78, 5) is 75.5. The first-order chi connectivity index (χ1) is 22.1. The number of benzene rings is 4. The summed E-state index contributed by atoms with van der Waals surface area (Å²) in [6, 6.07) is 25.8. The summed E-state index contributed by atoms with van der Waals surface area (Å²) in [7, 11) is 0. The summed E-state index contributed by atoms with van der Waals surface area (Å²) in [5.74, 6) is -3.22. The van der Waals surface area contributed by atoms with E-state index in [-0.39, 0.29) is 29.1 Å². The Bertz CT molecular complexity index is 1880. The number of thioether (sulfide) groups is 1. The molecule has 4 aromatic rings. The van der Waals surface area contributed by atoms with Crippen LogP contribution >= 0.6 is 11.8 Å². The Morgan fingerprint density at radius 3 is 2.24 bits per heavy atom. The van der Waals surface area contributed by atoms with E-state index < -0.39 is 39.8 Å². The maximum absolute atomic E-state index is 13.4. The van der Waals surface area contributed by atoms with Crippen LogP contribution in [0.3, 0.4) is 0 Å². The molecule has 1 fully saturated rings. The maximum Gasteiger partial charge on any atom is 0.335 e. The molecule has 0 aliphatic carbocycles. The van der Waals surface area contributed by atoms with Gasteiger partial charge in [0.25, 0.3) is 17.5 Å². The Hall–Kier alpha value is -6.08. The molecule has 1 heterocycles. The van der Waals surface area contributed by atoms with Gasteiger partial charge in [0.05, 0.1) is 21.4 Å². The third-order valence-electron chi connectivity index (χ3n) is 6.79. The van der Waals surface area contributed by atoms with Gasteiger partial charge in [-0.25, -0.2) is 9.69 Å². The predicted octanol–water partition coefficient (Wildman–Crippen LogP) is 5.13. The number of carboxylic acid groups (broad SMARTS) is 1. The Kier molecular flexibility index (Phi) is 9.33. The molecule has 0 saturated carbocycles. The lowest BCUT2D eigenvalue weighted by atomic mass is 10.1. The SMILES string of the molecule is O=C(Nc1cccc(S[C@@H]2CC(=O)N(c3ccc(C(=O)O)cc3)C2=O)c1)/C(=C/c1ccc([N+](=O)[O-])cc1)NC(=O)c1ccccc1. The zero-order valence-corrected chi connectivity index (χ0v) is 24.6. The number of nitro benzene ring substituents is 1. The standard InChI is InChI=1S/C33H24N4O8S/c38-29-19-28(32(41)36(29)24-15-11-22(12-16-24)33(42)43)46-26-8-4-7-23(18-26)34-31(40)27(35-30(39)21-5-2-1-3-6-21)17-20-9-13-25(14-10-20)37(44)45/h1-18,28H,19H2,(H,34,40)(H,35,39)(H,42,43)/b27-17-/t28-/m1/s1. The third kappa shape index (κ3) is 7.34. The van der Waals surface area contributed by atoms with Crippen molar-refractivity contribution in [3.05, 3.63) is 136 Å². The number of carbonyl (C=O) groups excluding carboxylic acids is 4. The van der Waals surface area contributed by atoms with Crippen LogP contribution in [0, 0.1) is 10.1 Å². The number of hydrogen-bond acceptors (Lipinski definition) is 8. The van der Waals surface area contributed by atoms with Crippen molar-refractivity contribution in [1.82, 2.24) is 5.32 Å². The molecule has 0 aromatic heterocycles. The van der Waals surface area contributed by atoms with E-state index in [1.165, 1.54) is 54.6 Å². The number of imide groups is 1. The highest BCUT2D eigenvalue weighted by atomic mass is 32.2. The minimum absolute atomic E-state index is 0.0259. The Morgan fingerprint density at radius 2 is 1.59 bits per heavy atom. The topological polar surface area (TPSA) is 176 Å². The summed E-state index contributed by atoms with van der Waals surface area (Å²) < 4.78 is 0. The van der Waals surface area contributed by atoms with Crippen molar-refractivity contribution in [2.75, 3.05) is 10.2 Å². The fraction of sp³-hybridized carbons (Fsp3) is 0.0606. The lowest BCUT2D eigenvalue weighted by molar-refractivity contribution is -0.384. The fourth-order valence-corrected chi connectivity index (χ4v) is 5.64. The van der Waals surface area contributed by atoms with E-state index in [4.69, 9.17) is 5.11 Å². The summed E-state index contributed by atoms with van der Waals surface area (Å²) in [5.41, 5.74) is 1.13. The Balaban J connectivity index is 1.32. The number of carbonyl (C=O) groups is 5. The predicted molar refractivity (Wildman–Crippen MR) is 170 cm³/mol. The number of aromatic carboxylic acids is 1. The largest absolute Gasteiger partial charge is 0.478 e. The second-order valence-corrected chi connectivity index (χ2v) is 11.2. The van der Waals surface area contributed by atoms with Crippen LogP contribution in [0.5, 0.6) is 0 Å². The van der Waals surface area contributed by atoms with Gasteiger partial charge in [-0.2, -0.15) is 0 Å². The molecule has 0 radical (unpaired) electrons. The van der Waals surface area contributed by atoms with E-state index in [0.717, 1.165) is 16.7 Å². The highest BCUT2D eigenvalue weighted by Gasteiger charge is 2.40. The van der Waals surface area contributed by atoms with Gasteiger partial charge < -0.3 is 15.7 Å². The number of nitrogens with zero attached hydrogens (tertiary/aromatic N) is 2. The molecule has 1 aliphatic rings. The Labute approximate surface area is 265 Å². The average molecular weight is 637 g/mol. The van der Waals surface area contributed by atoms with Gasteiger partial charge in [-0.3, -0.25) is 29.3 Å². The molecule has 12 nitrogen and oxygen atoms in total. The van der Waals surface area contributed by atoms with Crippen molar-refractivity contribution in [3.63, 3.8) is 0 Å². The molecule has 230 valence electrons. The maximum atomic E-state index is 13.4. The fourth-order valence-electron chi connectivity index (χ4n) is 4.53. The first kappa shape index (κ1) is 31.3. The van der Waals surface area contributed by atoms with Crippen LogP contribution in [0.1, 0.15) is 32.7 Å². The van der Waals surface area contributed by atoms with Crippen LogP contribution in [0.15, 0.2) is 114 Å². The number of anilines is 2. The van der Waals surface area contributed by atoms with Crippen molar-refractivity contribution in [3.8, 4) is 0 Å². The lowest BCUT2D eigenvalue weighted by Gasteiger charge is -2.15. The summed E-state index contributed by atoms with van der Waals surface area (Å²) >= 11 is 1.14. The number of nitrogens with one attached hydrogen (secondary N) is 2. The molecule has 4 amide bonds. The number of non-ortho nitro benzene ring substituents is 1. The van der Waals surface area contributed by atoms with Crippen LogP contribution in [0.4, 0.5) is 17.1 Å². The first-order valence-electron chi connectivity index (χ1n) is 13.7. The molecule has 3 N–H and O–H groups in total. The monoisotopic (exact) mass is 636 g/mol. The van der Waals surface area contributed by atoms with Crippen LogP contribution in [-0.2, 0) is 14.4 Å². The first-order valence-corrected chi connectivity index (χ1v) is 14.6. The van der Waals surface area contributed by atoms with Gasteiger partial charge in [0.2, 0.25) is 11.8 Å². The molecular weight excluding hydrogens is 612 g/mol. The summed E-state index contributed by atoms with van der Waals surface area (Å²) in [6.07, 6.45) is 1.31. The van der Waals surface area contributed by atoms with Crippen molar-refractivity contribution >= 4 is 64.5 Å². The molecule has 1 atom stereocenters. The van der Waals surface area contributed by atoms with Gasteiger partial charge in [-0.05, 0) is 78.4 Å². The highest BCUT2D eigenvalue weighted by molar-refractivity contribution is 8.00. The van der Waals surface area contributed by atoms with Crippen LogP contribution in [-0.4, -0.2) is 44.9 Å². The zero-order valence-electron chi connectivity index (χ0n) is 23.8. The molecule has 4 aromatic carbocycles. The molecule has 1 aliphatic heterocycles. The zero-order chi connectivity index (χ0) is 32.8. The minimum atomic E-state index is -1.13. The normalized spacial score (nSPS) is 14.6. The van der Waals surface area contributed by atoms with Crippen molar-refractivity contribution < 1.29 is 34.0 Å². The van der Waals surface area contributed by atoms with Crippen molar-refractivity contribution in [2.24, 2.45) is 0 Å². The van der Waals surface area contributed by atoms with Crippen LogP contribution in [0.2, 0.25) is 0 Å². The van der Waals surface area contributed by atoms with Crippen molar-refractivity contribution in [1.29, 1.82) is 0 Å². The molecule has 5 rings (SSSR count). The van der Waals surface area contributed by atoms with Gasteiger partial charge >= 0.3 is 5.97 Å². The van der Waals surface area contributed by atoms with E-state index in [1.807, 2.05) is 0 Å². The summed E-state index contributed by atoms with van der Waals surface area (Å²) in [6.45, 7) is 0. The minimum Gasteiger partial charge on any atom is -0.478 e. The molecule has 13 heteroatoms. The second kappa shape index (κ2) is 13.7. The smallest absolute Gasteiger partial charge is 0.335 e. The Morgan fingerprint density at radius 1 is 0.891 bits per heavy atom. The molecular formula is C33H24N4O8S. The number of hydrogen-bond donors (Lipinski definition) is 3. The molecule has 0 spiro atoms. The summed E-state index contributed by atoms with van der Waals surface area (Å²) in [5, 5.41) is 24.7. The van der Waals surface area contributed by atoms with E-state index in [2.05, 4.69) is 10.6 Å². The third-order valence-corrected chi connectivity index (χ3v) is 7.97. The number of amides is 4. The van der Waals surface area contributed by atoms with Crippen molar-refractivity contribution in [2.45, 2.75) is 16.6 Å². The molecule has 0 bridgehead atoms. The van der Waals surface area contributed by atoms with E-state index >= 15 is 0 Å². The van der Waals surface area contributed by atoms with Gasteiger partial charge in [-0.1, -0.05) is 24.3 Å². The molecule has 0 unspecified atom stereocenters. The highest BCUT2D eigenvalue weighted by Crippen LogP contribution is 2.35. The molecule has 1 saturated heterocycles. The lowest BCUT2D eigenvalue weighted by Crippen LogP contribution is -2.31. The van der Waals surface area contributed by atoms with Gasteiger partial charge in [-0.15, -0.1) is 11.8 Å². The van der Waals surface area contributed by atoms with Crippen LogP contribution in [0.25, 0.3) is 6.08 Å². The molecule has 46 heavy (non-hydrogen) atoms. The van der Waals surface area contributed by atoms with Crippen LogP contribution < -0.4 is 15.5 Å². The van der Waals surface area contributed by atoms with Gasteiger partial charge in [0.15, 0.2) is 0 Å². The quantitative estimate of drug-likeness (QED) is 0.0922. The number of carboxylic acids is 1. The number of nitro groups is 1.